The van der Waals surface area contributed by atoms with Gasteiger partial charge in [0.25, 0.3) is 0 Å². The molecule has 1 aromatic heterocycles. The highest BCUT2D eigenvalue weighted by molar-refractivity contribution is 7.88. The highest BCUT2D eigenvalue weighted by Crippen LogP contribution is 2.34. The van der Waals surface area contributed by atoms with Crippen molar-refractivity contribution in [1.29, 1.82) is 0 Å². The van der Waals surface area contributed by atoms with Crippen LogP contribution in [0.1, 0.15) is 35.7 Å². The molecule has 0 spiro atoms. The number of aryl methyl sites for hydroxylation is 1. The Morgan fingerprint density at radius 2 is 2.09 bits per heavy atom. The molecule has 2 aromatic rings. The van der Waals surface area contributed by atoms with Crippen LogP contribution < -0.4 is 0 Å². The lowest BCUT2D eigenvalue weighted by Gasteiger charge is -2.23. The molecular weight excluding hydrogens is 296 g/mol. The summed E-state index contributed by atoms with van der Waals surface area (Å²) >= 11 is 0. The van der Waals surface area contributed by atoms with Gasteiger partial charge < -0.3 is 0 Å². The van der Waals surface area contributed by atoms with Gasteiger partial charge in [-0.2, -0.15) is 4.31 Å². The number of benzene rings is 1. The third kappa shape index (κ3) is 3.20. The molecule has 3 rings (SSSR count). The monoisotopic (exact) mass is 316 g/mol. The Morgan fingerprint density at radius 1 is 1.23 bits per heavy atom. The molecule has 1 saturated heterocycles. The molecule has 1 aromatic carbocycles. The zero-order chi connectivity index (χ0) is 15.6. The zero-order valence-electron chi connectivity index (χ0n) is 12.6. The average Bonchev–Trinajstić information content (AvgIpc) is 2.98. The van der Waals surface area contributed by atoms with E-state index in [9.17, 15) is 8.42 Å². The minimum Gasteiger partial charge on any atom is -0.260 e. The molecule has 1 fully saturated rings. The van der Waals surface area contributed by atoms with Crippen LogP contribution in [0.4, 0.5) is 0 Å². The van der Waals surface area contributed by atoms with Gasteiger partial charge in [0, 0.05) is 12.7 Å². The van der Waals surface area contributed by atoms with Gasteiger partial charge in [-0.3, -0.25) is 4.98 Å². The maximum atomic E-state index is 12.8. The summed E-state index contributed by atoms with van der Waals surface area (Å²) in [5.74, 6) is 0.0536. The standard InChI is InChI=1S/C17H20N2O2S/c1-14-6-4-7-15(12-14)13-22(20,21)19-11-5-9-17(19)16-8-2-3-10-18-16/h2-4,6-8,10,12,17H,5,9,11,13H2,1H3. The summed E-state index contributed by atoms with van der Waals surface area (Å²) in [5.41, 5.74) is 2.76. The fourth-order valence-corrected chi connectivity index (χ4v) is 4.81. The largest absolute Gasteiger partial charge is 0.260 e. The van der Waals surface area contributed by atoms with Crippen molar-refractivity contribution in [2.75, 3.05) is 6.54 Å². The molecule has 1 unspecified atom stereocenters. The van der Waals surface area contributed by atoms with Gasteiger partial charge in [0.15, 0.2) is 0 Å². The topological polar surface area (TPSA) is 50.3 Å². The summed E-state index contributed by atoms with van der Waals surface area (Å²) in [6, 6.07) is 13.2. The second-order valence-electron chi connectivity index (χ2n) is 5.77. The van der Waals surface area contributed by atoms with E-state index < -0.39 is 10.0 Å². The van der Waals surface area contributed by atoms with Gasteiger partial charge in [-0.1, -0.05) is 35.9 Å². The van der Waals surface area contributed by atoms with E-state index in [1.54, 1.807) is 10.5 Å². The maximum absolute atomic E-state index is 12.8. The second kappa shape index (κ2) is 6.18. The minimum atomic E-state index is -3.33. The number of aromatic nitrogens is 1. The molecule has 0 aliphatic carbocycles. The summed E-state index contributed by atoms with van der Waals surface area (Å²) in [7, 11) is -3.33. The first kappa shape index (κ1) is 15.2. The molecule has 22 heavy (non-hydrogen) atoms. The number of hydrogen-bond donors (Lipinski definition) is 0. The Morgan fingerprint density at radius 3 is 2.82 bits per heavy atom. The predicted molar refractivity (Wildman–Crippen MR) is 86.7 cm³/mol. The molecule has 0 bridgehead atoms. The first-order valence-electron chi connectivity index (χ1n) is 7.52. The van der Waals surface area contributed by atoms with Crippen molar-refractivity contribution in [1.82, 2.24) is 9.29 Å². The molecule has 5 heteroatoms. The second-order valence-corrected chi connectivity index (χ2v) is 7.69. The zero-order valence-corrected chi connectivity index (χ0v) is 13.5. The Kier molecular flexibility index (Phi) is 4.27. The smallest absolute Gasteiger partial charge is 0.218 e. The normalized spacial score (nSPS) is 19.4. The van der Waals surface area contributed by atoms with Gasteiger partial charge in [-0.25, -0.2) is 8.42 Å². The Hall–Kier alpha value is -1.72. The van der Waals surface area contributed by atoms with Crippen molar-refractivity contribution in [3.63, 3.8) is 0 Å². The third-order valence-corrected chi connectivity index (χ3v) is 5.87. The lowest BCUT2D eigenvalue weighted by molar-refractivity contribution is 0.390. The van der Waals surface area contributed by atoms with Gasteiger partial charge in [0.2, 0.25) is 10.0 Å². The highest BCUT2D eigenvalue weighted by Gasteiger charge is 2.35. The van der Waals surface area contributed by atoms with Gasteiger partial charge in [-0.05, 0) is 37.5 Å². The first-order chi connectivity index (χ1) is 10.6. The Balaban J connectivity index is 1.85. The number of sulfonamides is 1. The molecule has 116 valence electrons. The molecule has 0 saturated carbocycles. The summed E-state index contributed by atoms with van der Waals surface area (Å²) < 4.78 is 27.2. The van der Waals surface area contributed by atoms with E-state index >= 15 is 0 Å². The van der Waals surface area contributed by atoms with Gasteiger partial charge in [0.1, 0.15) is 0 Å². The fraction of sp³-hybridized carbons (Fsp3) is 0.353. The van der Waals surface area contributed by atoms with Gasteiger partial charge in [0.05, 0.1) is 17.5 Å². The number of pyridine rings is 1. The average molecular weight is 316 g/mol. The predicted octanol–water partition coefficient (Wildman–Crippen LogP) is 3.06. The molecule has 0 radical (unpaired) electrons. The maximum Gasteiger partial charge on any atom is 0.218 e. The van der Waals surface area contributed by atoms with Gasteiger partial charge in [-0.15, -0.1) is 0 Å². The summed E-state index contributed by atoms with van der Waals surface area (Å²) in [6.45, 7) is 2.55. The summed E-state index contributed by atoms with van der Waals surface area (Å²) in [5, 5.41) is 0. The molecular formula is C17H20N2O2S. The van der Waals surface area contributed by atoms with Crippen molar-refractivity contribution >= 4 is 10.0 Å². The van der Waals surface area contributed by atoms with Crippen molar-refractivity contribution in [3.05, 3.63) is 65.5 Å². The fourth-order valence-electron chi connectivity index (χ4n) is 3.04. The molecule has 0 amide bonds. The van der Waals surface area contributed by atoms with Crippen LogP contribution in [0.5, 0.6) is 0 Å². The molecule has 2 heterocycles. The van der Waals surface area contributed by atoms with Crippen LogP contribution in [0.2, 0.25) is 0 Å². The van der Waals surface area contributed by atoms with E-state index in [0.717, 1.165) is 29.7 Å². The number of nitrogens with zero attached hydrogens (tertiary/aromatic N) is 2. The van der Waals surface area contributed by atoms with Crippen LogP contribution in [-0.4, -0.2) is 24.3 Å². The SMILES string of the molecule is Cc1cccc(CS(=O)(=O)N2CCCC2c2ccccn2)c1. The highest BCUT2D eigenvalue weighted by atomic mass is 32.2. The van der Waals surface area contributed by atoms with Crippen LogP contribution in [0.3, 0.4) is 0 Å². The quantitative estimate of drug-likeness (QED) is 0.871. The summed E-state index contributed by atoms with van der Waals surface area (Å²) in [4.78, 5) is 4.34. The van der Waals surface area contributed by atoms with E-state index in [4.69, 9.17) is 0 Å². The van der Waals surface area contributed by atoms with E-state index in [1.807, 2.05) is 49.4 Å². The van der Waals surface area contributed by atoms with E-state index in [1.165, 1.54) is 0 Å². The number of hydrogen-bond acceptors (Lipinski definition) is 3. The molecule has 1 aliphatic rings. The number of rotatable bonds is 4. The van der Waals surface area contributed by atoms with Crippen molar-refractivity contribution < 1.29 is 8.42 Å². The van der Waals surface area contributed by atoms with Crippen LogP contribution >= 0.6 is 0 Å². The van der Waals surface area contributed by atoms with Crippen LogP contribution in [0.25, 0.3) is 0 Å². The minimum absolute atomic E-state index is 0.0536. The van der Waals surface area contributed by atoms with Crippen LogP contribution in [0.15, 0.2) is 48.7 Å². The molecule has 0 N–H and O–H groups in total. The van der Waals surface area contributed by atoms with E-state index in [2.05, 4.69) is 4.98 Å². The summed E-state index contributed by atoms with van der Waals surface area (Å²) in [6.07, 6.45) is 3.44. The van der Waals surface area contributed by atoms with Crippen molar-refractivity contribution in [2.24, 2.45) is 0 Å². The third-order valence-electron chi connectivity index (χ3n) is 4.02. The van der Waals surface area contributed by atoms with Crippen LogP contribution in [0, 0.1) is 6.92 Å². The molecule has 1 atom stereocenters. The van der Waals surface area contributed by atoms with Crippen LogP contribution in [-0.2, 0) is 15.8 Å². The molecule has 1 aliphatic heterocycles. The van der Waals surface area contributed by atoms with E-state index in [0.29, 0.717) is 6.54 Å². The first-order valence-corrected chi connectivity index (χ1v) is 9.13. The molecule has 4 nitrogen and oxygen atoms in total. The Bertz CT molecular complexity index is 744. The van der Waals surface area contributed by atoms with E-state index in [-0.39, 0.29) is 11.8 Å². The van der Waals surface area contributed by atoms with Crippen molar-refractivity contribution in [3.8, 4) is 0 Å². The van der Waals surface area contributed by atoms with Gasteiger partial charge >= 0.3 is 0 Å². The van der Waals surface area contributed by atoms with Crippen molar-refractivity contribution in [2.45, 2.75) is 31.6 Å². The lowest BCUT2D eigenvalue weighted by Crippen LogP contribution is -2.32. The lowest BCUT2D eigenvalue weighted by atomic mass is 10.1. The Labute approximate surface area is 131 Å².